The highest BCUT2D eigenvalue weighted by Crippen LogP contribution is 2.30. The van der Waals surface area contributed by atoms with Gasteiger partial charge in [0.1, 0.15) is 6.61 Å². The van der Waals surface area contributed by atoms with E-state index in [2.05, 4.69) is 4.98 Å². The number of fused-ring (bicyclic) bond motifs is 1. The van der Waals surface area contributed by atoms with Gasteiger partial charge in [0.05, 0.1) is 11.6 Å². The van der Waals surface area contributed by atoms with Crippen LogP contribution < -0.4 is 0 Å². The number of carboxylic acid groups (broad SMARTS) is 1. The van der Waals surface area contributed by atoms with E-state index in [1.165, 1.54) is 4.90 Å². The fraction of sp³-hybridized carbons (Fsp3) is 0.267. The quantitative estimate of drug-likeness (QED) is 0.897. The van der Waals surface area contributed by atoms with Crippen LogP contribution in [0.4, 0.5) is 0 Å². The number of ether oxygens (including phenoxy) is 1. The van der Waals surface area contributed by atoms with Crippen molar-refractivity contribution in [2.75, 3.05) is 13.7 Å². The zero-order chi connectivity index (χ0) is 15.0. The number of nitrogens with zero attached hydrogens (tertiary/aromatic N) is 2. The number of hydrogen-bond donors (Lipinski definition) is 1. The molecule has 108 valence electrons. The van der Waals surface area contributed by atoms with Crippen LogP contribution in [0.1, 0.15) is 11.6 Å². The molecule has 6 nitrogen and oxygen atoms in total. The minimum atomic E-state index is -1.08. The summed E-state index contributed by atoms with van der Waals surface area (Å²) < 4.78 is 5.19. The molecule has 1 aromatic heterocycles. The lowest BCUT2D eigenvalue weighted by atomic mass is 9.97. The molecule has 1 amide bonds. The van der Waals surface area contributed by atoms with Crippen molar-refractivity contribution in [3.8, 4) is 0 Å². The molecule has 3 rings (SSSR count). The predicted molar refractivity (Wildman–Crippen MR) is 74.6 cm³/mol. The van der Waals surface area contributed by atoms with Gasteiger partial charge in [0, 0.05) is 18.6 Å². The van der Waals surface area contributed by atoms with Crippen molar-refractivity contribution in [3.05, 3.63) is 42.1 Å². The van der Waals surface area contributed by atoms with Crippen LogP contribution in [0, 0.1) is 0 Å². The van der Waals surface area contributed by atoms with E-state index in [1.54, 1.807) is 19.3 Å². The molecule has 1 fully saturated rings. The van der Waals surface area contributed by atoms with Crippen LogP contribution in [-0.4, -0.2) is 46.6 Å². The smallest absolute Gasteiger partial charge is 0.335 e. The first-order valence-electron chi connectivity index (χ1n) is 6.52. The van der Waals surface area contributed by atoms with Gasteiger partial charge < -0.3 is 14.7 Å². The van der Waals surface area contributed by atoms with Gasteiger partial charge in [-0.3, -0.25) is 9.78 Å². The Balaban J connectivity index is 2.07. The summed E-state index contributed by atoms with van der Waals surface area (Å²) in [4.78, 5) is 28.8. The summed E-state index contributed by atoms with van der Waals surface area (Å²) in [5.41, 5.74) is 1.54. The molecule has 0 saturated carbocycles. The number of carbonyl (C=O) groups excluding carboxylic acids is 1. The second kappa shape index (κ2) is 5.14. The highest BCUT2D eigenvalue weighted by atomic mass is 16.5. The van der Waals surface area contributed by atoms with E-state index in [4.69, 9.17) is 4.74 Å². The van der Waals surface area contributed by atoms with Gasteiger partial charge in [-0.25, -0.2) is 4.79 Å². The Morgan fingerprint density at radius 1 is 1.43 bits per heavy atom. The summed E-state index contributed by atoms with van der Waals surface area (Å²) >= 11 is 0. The molecule has 1 saturated heterocycles. The van der Waals surface area contributed by atoms with Crippen LogP contribution in [0.5, 0.6) is 0 Å². The van der Waals surface area contributed by atoms with Crippen LogP contribution in [0.15, 0.2) is 36.5 Å². The highest BCUT2D eigenvalue weighted by molar-refractivity contribution is 5.84. The molecule has 1 aliphatic rings. The number of amides is 1. The average molecular weight is 286 g/mol. The third kappa shape index (κ3) is 2.34. The van der Waals surface area contributed by atoms with Gasteiger partial charge in [-0.05, 0) is 23.8 Å². The second-order valence-corrected chi connectivity index (χ2v) is 4.97. The molecule has 0 radical (unpaired) electrons. The number of aromatic nitrogens is 1. The first kappa shape index (κ1) is 13.5. The molecule has 2 heterocycles. The monoisotopic (exact) mass is 286 g/mol. The van der Waals surface area contributed by atoms with Crippen molar-refractivity contribution in [3.63, 3.8) is 0 Å². The maximum atomic E-state index is 11.8. The van der Waals surface area contributed by atoms with Gasteiger partial charge in [-0.15, -0.1) is 0 Å². The Morgan fingerprint density at radius 2 is 2.24 bits per heavy atom. The molecule has 21 heavy (non-hydrogen) atoms. The molecule has 2 unspecified atom stereocenters. The molecule has 0 aliphatic carbocycles. The van der Waals surface area contributed by atoms with Crippen LogP contribution >= 0.6 is 0 Å². The van der Waals surface area contributed by atoms with Crippen molar-refractivity contribution in [2.45, 2.75) is 12.1 Å². The first-order chi connectivity index (χ1) is 10.1. The average Bonchev–Trinajstić information content (AvgIpc) is 2.49. The Morgan fingerprint density at radius 3 is 3.00 bits per heavy atom. The van der Waals surface area contributed by atoms with Crippen LogP contribution in [0.3, 0.4) is 0 Å². The summed E-state index contributed by atoms with van der Waals surface area (Å²) in [5.74, 6) is -1.31. The number of aliphatic carboxylic acids is 1. The summed E-state index contributed by atoms with van der Waals surface area (Å²) in [6.07, 6.45) is 0.628. The van der Waals surface area contributed by atoms with Crippen molar-refractivity contribution >= 4 is 22.8 Å². The van der Waals surface area contributed by atoms with E-state index in [0.717, 1.165) is 16.5 Å². The lowest BCUT2D eigenvalue weighted by Gasteiger charge is -2.37. The Bertz CT molecular complexity index is 716. The van der Waals surface area contributed by atoms with E-state index in [-0.39, 0.29) is 12.5 Å². The van der Waals surface area contributed by atoms with E-state index < -0.39 is 18.1 Å². The minimum Gasteiger partial charge on any atom is -0.479 e. The fourth-order valence-corrected chi connectivity index (χ4v) is 2.60. The second-order valence-electron chi connectivity index (χ2n) is 4.97. The largest absolute Gasteiger partial charge is 0.479 e. The van der Waals surface area contributed by atoms with E-state index in [9.17, 15) is 14.7 Å². The van der Waals surface area contributed by atoms with E-state index in [1.807, 2.05) is 24.3 Å². The van der Waals surface area contributed by atoms with Gasteiger partial charge in [0.25, 0.3) is 0 Å². The normalized spacial score (nSPS) is 22.5. The molecule has 0 bridgehead atoms. The van der Waals surface area contributed by atoms with Crippen molar-refractivity contribution < 1.29 is 19.4 Å². The molecular formula is C15H14N2O4. The number of carbonyl (C=O) groups is 2. The fourth-order valence-electron chi connectivity index (χ4n) is 2.60. The number of pyridine rings is 1. The zero-order valence-corrected chi connectivity index (χ0v) is 11.4. The number of hydrogen-bond acceptors (Lipinski definition) is 4. The molecule has 6 heteroatoms. The Hall–Kier alpha value is -2.47. The van der Waals surface area contributed by atoms with Gasteiger partial charge in [0.2, 0.25) is 5.91 Å². The van der Waals surface area contributed by atoms with Crippen molar-refractivity contribution in [1.29, 1.82) is 0 Å². The summed E-state index contributed by atoms with van der Waals surface area (Å²) in [6.45, 7) is -0.209. The molecule has 0 spiro atoms. The number of rotatable bonds is 2. The van der Waals surface area contributed by atoms with Gasteiger partial charge in [-0.2, -0.15) is 0 Å². The maximum absolute atomic E-state index is 11.8. The molecule has 2 atom stereocenters. The van der Waals surface area contributed by atoms with Crippen LogP contribution in [-0.2, 0) is 14.3 Å². The van der Waals surface area contributed by atoms with Crippen molar-refractivity contribution in [1.82, 2.24) is 9.88 Å². The third-order valence-electron chi connectivity index (χ3n) is 3.70. The molecule has 1 aliphatic heterocycles. The maximum Gasteiger partial charge on any atom is 0.335 e. The predicted octanol–water partition coefficient (Wildman–Crippen LogP) is 1.22. The van der Waals surface area contributed by atoms with Gasteiger partial charge >= 0.3 is 5.97 Å². The topological polar surface area (TPSA) is 79.7 Å². The molecule has 1 N–H and O–H groups in total. The van der Waals surface area contributed by atoms with Crippen LogP contribution in [0.2, 0.25) is 0 Å². The SMILES string of the molecule is CN1C(=O)COC(C(=O)O)C1c1ccc2ncccc2c1. The highest BCUT2D eigenvalue weighted by Gasteiger charge is 2.40. The summed E-state index contributed by atoms with van der Waals surface area (Å²) in [7, 11) is 1.60. The van der Waals surface area contributed by atoms with Gasteiger partial charge in [0.15, 0.2) is 6.10 Å². The Kier molecular flexibility index (Phi) is 3.31. The number of likely N-dealkylation sites (N-methyl/N-ethyl adjacent to an activating group) is 1. The van der Waals surface area contributed by atoms with Gasteiger partial charge in [-0.1, -0.05) is 12.1 Å². The third-order valence-corrected chi connectivity index (χ3v) is 3.70. The number of benzene rings is 1. The summed E-state index contributed by atoms with van der Waals surface area (Å²) in [6, 6.07) is 8.51. The zero-order valence-electron chi connectivity index (χ0n) is 11.4. The minimum absolute atomic E-state index is 0.209. The van der Waals surface area contributed by atoms with Crippen LogP contribution in [0.25, 0.3) is 10.9 Å². The van der Waals surface area contributed by atoms with Crippen molar-refractivity contribution in [2.24, 2.45) is 0 Å². The Labute approximate surface area is 121 Å². The summed E-state index contributed by atoms with van der Waals surface area (Å²) in [5, 5.41) is 10.2. The molecular weight excluding hydrogens is 272 g/mol. The van der Waals surface area contributed by atoms with E-state index >= 15 is 0 Å². The lowest BCUT2D eigenvalue weighted by Crippen LogP contribution is -2.50. The standard InChI is InChI=1S/C15H14N2O4/c1-17-12(18)8-21-14(15(19)20)13(17)10-4-5-11-9(7-10)3-2-6-16-11/h2-7,13-14H,8H2,1H3,(H,19,20). The molecule has 2 aromatic rings. The lowest BCUT2D eigenvalue weighted by molar-refractivity contribution is -0.171. The van der Waals surface area contributed by atoms with E-state index in [0.29, 0.717) is 0 Å². The molecule has 1 aromatic carbocycles. The number of morpholine rings is 1. The first-order valence-corrected chi connectivity index (χ1v) is 6.52. The number of carboxylic acids is 1.